The number of ether oxygens (including phenoxy) is 1. The Balaban J connectivity index is 1.90. The third-order valence-electron chi connectivity index (χ3n) is 3.90. The molecule has 18 heavy (non-hydrogen) atoms. The number of rotatable bonds is 4. The lowest BCUT2D eigenvalue weighted by Gasteiger charge is -2.27. The summed E-state index contributed by atoms with van der Waals surface area (Å²) in [5, 5.41) is 13.5. The van der Waals surface area contributed by atoms with Crippen LogP contribution in [-0.4, -0.2) is 18.3 Å². The maximum Gasteiger partial charge on any atom is 0.162 e. The van der Waals surface area contributed by atoms with E-state index < -0.39 is 0 Å². The predicted molar refractivity (Wildman–Crippen MR) is 72.9 cm³/mol. The Bertz CT molecular complexity index is 384. The highest BCUT2D eigenvalue weighted by molar-refractivity contribution is 5.45. The van der Waals surface area contributed by atoms with Crippen LogP contribution in [0.2, 0.25) is 0 Å². The summed E-state index contributed by atoms with van der Waals surface area (Å²) in [5.41, 5.74) is 0.910. The minimum absolute atomic E-state index is 0.261. The quantitative estimate of drug-likeness (QED) is 0.861. The van der Waals surface area contributed by atoms with E-state index in [-0.39, 0.29) is 5.75 Å². The smallest absolute Gasteiger partial charge is 0.162 e. The van der Waals surface area contributed by atoms with Crippen LogP contribution in [0.5, 0.6) is 11.5 Å². The molecular formula is C15H23NO2. The molecule has 1 aliphatic carbocycles. The minimum atomic E-state index is 0.261. The monoisotopic (exact) mass is 249 g/mol. The van der Waals surface area contributed by atoms with Gasteiger partial charge in [-0.15, -0.1) is 0 Å². The molecule has 100 valence electrons. The Labute approximate surface area is 109 Å². The maximum absolute atomic E-state index is 10.00. The van der Waals surface area contributed by atoms with Crippen molar-refractivity contribution in [3.63, 3.8) is 0 Å². The summed E-state index contributed by atoms with van der Waals surface area (Å²) in [6, 6.07) is 6.22. The van der Waals surface area contributed by atoms with Crippen LogP contribution in [0.15, 0.2) is 18.2 Å². The lowest BCUT2D eigenvalue weighted by Crippen LogP contribution is -2.32. The van der Waals surface area contributed by atoms with Gasteiger partial charge in [-0.1, -0.05) is 19.1 Å². The van der Waals surface area contributed by atoms with Gasteiger partial charge in [0.2, 0.25) is 0 Å². The fraction of sp³-hybridized carbons (Fsp3) is 0.600. The molecule has 1 aromatic carbocycles. The Morgan fingerprint density at radius 1 is 1.28 bits per heavy atom. The van der Waals surface area contributed by atoms with E-state index in [9.17, 15) is 5.11 Å². The molecule has 0 saturated heterocycles. The molecule has 0 unspecified atom stereocenters. The second-order valence-electron chi connectivity index (χ2n) is 5.31. The molecule has 0 spiro atoms. The van der Waals surface area contributed by atoms with E-state index in [1.165, 1.54) is 25.7 Å². The van der Waals surface area contributed by atoms with Crippen LogP contribution in [-0.2, 0) is 6.54 Å². The van der Waals surface area contributed by atoms with Crippen molar-refractivity contribution in [1.82, 2.24) is 5.32 Å². The second kappa shape index (κ2) is 6.10. The molecule has 0 aromatic heterocycles. The molecule has 1 saturated carbocycles. The van der Waals surface area contributed by atoms with Crippen LogP contribution >= 0.6 is 0 Å². The summed E-state index contributed by atoms with van der Waals surface area (Å²) in [6.07, 6.45) is 5.10. The Hall–Kier alpha value is -1.22. The Kier molecular flexibility index (Phi) is 4.48. The topological polar surface area (TPSA) is 41.5 Å². The average Bonchev–Trinajstić information content (AvgIpc) is 2.39. The van der Waals surface area contributed by atoms with E-state index in [1.54, 1.807) is 13.2 Å². The lowest BCUT2D eigenvalue weighted by atomic mass is 9.87. The van der Waals surface area contributed by atoms with Gasteiger partial charge in [-0.05, 0) is 37.7 Å². The number of para-hydroxylation sites is 1. The molecule has 2 rings (SSSR count). The Morgan fingerprint density at radius 3 is 2.67 bits per heavy atom. The van der Waals surface area contributed by atoms with E-state index in [2.05, 4.69) is 12.2 Å². The van der Waals surface area contributed by atoms with E-state index >= 15 is 0 Å². The van der Waals surface area contributed by atoms with Gasteiger partial charge in [0, 0.05) is 18.2 Å². The molecule has 0 heterocycles. The SMILES string of the molecule is COc1cccc(CNC2CCC(C)CC2)c1O. The van der Waals surface area contributed by atoms with Crippen LogP contribution in [0.25, 0.3) is 0 Å². The zero-order valence-corrected chi connectivity index (χ0v) is 11.3. The van der Waals surface area contributed by atoms with Crippen LogP contribution in [0.3, 0.4) is 0 Å². The lowest BCUT2D eigenvalue weighted by molar-refractivity contribution is 0.304. The number of benzene rings is 1. The highest BCUT2D eigenvalue weighted by atomic mass is 16.5. The predicted octanol–water partition coefficient (Wildman–Crippen LogP) is 3.07. The second-order valence-corrected chi connectivity index (χ2v) is 5.31. The Morgan fingerprint density at radius 2 is 2.00 bits per heavy atom. The zero-order chi connectivity index (χ0) is 13.0. The molecule has 1 aliphatic rings. The van der Waals surface area contributed by atoms with Crippen molar-refractivity contribution in [2.24, 2.45) is 5.92 Å². The van der Waals surface area contributed by atoms with Crippen molar-refractivity contribution >= 4 is 0 Å². The van der Waals surface area contributed by atoms with Gasteiger partial charge in [-0.2, -0.15) is 0 Å². The first kappa shape index (κ1) is 13.2. The molecule has 1 fully saturated rings. The molecule has 3 heteroatoms. The first-order chi connectivity index (χ1) is 8.70. The third-order valence-corrected chi connectivity index (χ3v) is 3.90. The van der Waals surface area contributed by atoms with Crippen LogP contribution in [0.4, 0.5) is 0 Å². The standard InChI is InChI=1S/C15H23NO2/c1-11-6-8-13(9-7-11)16-10-12-4-3-5-14(18-2)15(12)17/h3-5,11,13,16-17H,6-10H2,1-2H3. The normalized spacial score (nSPS) is 23.9. The number of phenolic OH excluding ortho intramolecular Hbond substituents is 1. The van der Waals surface area contributed by atoms with Crippen molar-refractivity contribution in [1.29, 1.82) is 0 Å². The van der Waals surface area contributed by atoms with Gasteiger partial charge in [0.15, 0.2) is 11.5 Å². The summed E-state index contributed by atoms with van der Waals surface area (Å²) >= 11 is 0. The summed E-state index contributed by atoms with van der Waals surface area (Å²) in [5.74, 6) is 1.68. The molecule has 0 atom stereocenters. The largest absolute Gasteiger partial charge is 0.504 e. The maximum atomic E-state index is 10.00. The summed E-state index contributed by atoms with van der Waals surface area (Å²) in [7, 11) is 1.58. The number of nitrogens with one attached hydrogen (secondary N) is 1. The molecule has 0 amide bonds. The van der Waals surface area contributed by atoms with Gasteiger partial charge >= 0.3 is 0 Å². The highest BCUT2D eigenvalue weighted by Crippen LogP contribution is 2.30. The van der Waals surface area contributed by atoms with E-state index in [0.29, 0.717) is 18.3 Å². The fourth-order valence-electron chi connectivity index (χ4n) is 2.59. The summed E-state index contributed by atoms with van der Waals surface area (Å²) < 4.78 is 5.11. The number of hydrogen-bond donors (Lipinski definition) is 2. The summed E-state index contributed by atoms with van der Waals surface area (Å²) in [6.45, 7) is 3.03. The molecular weight excluding hydrogens is 226 g/mol. The summed E-state index contributed by atoms with van der Waals surface area (Å²) in [4.78, 5) is 0. The molecule has 0 radical (unpaired) electrons. The number of phenols is 1. The van der Waals surface area contributed by atoms with E-state index in [1.807, 2.05) is 12.1 Å². The van der Waals surface area contributed by atoms with Gasteiger partial charge in [-0.25, -0.2) is 0 Å². The minimum Gasteiger partial charge on any atom is -0.504 e. The first-order valence-corrected chi connectivity index (χ1v) is 6.79. The molecule has 1 aromatic rings. The molecule has 3 nitrogen and oxygen atoms in total. The molecule has 2 N–H and O–H groups in total. The van der Waals surface area contributed by atoms with E-state index in [4.69, 9.17) is 4.74 Å². The first-order valence-electron chi connectivity index (χ1n) is 6.79. The zero-order valence-electron chi connectivity index (χ0n) is 11.3. The van der Waals surface area contributed by atoms with Crippen molar-refractivity contribution in [2.45, 2.75) is 45.2 Å². The molecule has 0 aliphatic heterocycles. The van der Waals surface area contributed by atoms with E-state index in [0.717, 1.165) is 11.5 Å². The number of hydrogen-bond acceptors (Lipinski definition) is 3. The third kappa shape index (κ3) is 3.16. The molecule has 0 bridgehead atoms. The van der Waals surface area contributed by atoms with Crippen LogP contribution in [0.1, 0.15) is 38.2 Å². The highest BCUT2D eigenvalue weighted by Gasteiger charge is 2.18. The fourth-order valence-corrected chi connectivity index (χ4v) is 2.59. The van der Waals surface area contributed by atoms with Gasteiger partial charge in [-0.3, -0.25) is 0 Å². The van der Waals surface area contributed by atoms with Gasteiger partial charge in [0.05, 0.1) is 7.11 Å². The number of methoxy groups -OCH3 is 1. The van der Waals surface area contributed by atoms with Crippen molar-refractivity contribution in [3.8, 4) is 11.5 Å². The van der Waals surface area contributed by atoms with Crippen LogP contribution < -0.4 is 10.1 Å². The van der Waals surface area contributed by atoms with Crippen molar-refractivity contribution < 1.29 is 9.84 Å². The number of aromatic hydroxyl groups is 1. The van der Waals surface area contributed by atoms with Gasteiger partial charge in [0.1, 0.15) is 0 Å². The van der Waals surface area contributed by atoms with Crippen molar-refractivity contribution in [3.05, 3.63) is 23.8 Å². The van der Waals surface area contributed by atoms with Crippen molar-refractivity contribution in [2.75, 3.05) is 7.11 Å². The van der Waals surface area contributed by atoms with Crippen LogP contribution in [0, 0.1) is 5.92 Å². The van der Waals surface area contributed by atoms with Gasteiger partial charge in [0.25, 0.3) is 0 Å². The average molecular weight is 249 g/mol. The van der Waals surface area contributed by atoms with Gasteiger partial charge < -0.3 is 15.2 Å².